The van der Waals surface area contributed by atoms with Crippen molar-refractivity contribution >= 4 is 23.3 Å². The number of carbonyl (C=O) groups excluding carboxylic acids is 3. The molecule has 1 saturated heterocycles. The summed E-state index contributed by atoms with van der Waals surface area (Å²) in [6.45, 7) is 4.47. The highest BCUT2D eigenvalue weighted by Gasteiger charge is 2.34. The van der Waals surface area contributed by atoms with Crippen molar-refractivity contribution in [2.24, 2.45) is 0 Å². The van der Waals surface area contributed by atoms with E-state index in [1.165, 1.54) is 6.92 Å². The molecule has 2 N–H and O–H groups in total. The third kappa shape index (κ3) is 5.03. The summed E-state index contributed by atoms with van der Waals surface area (Å²) in [4.78, 5) is 39.6. The molecule has 0 spiro atoms. The standard InChI is InChI=1S/C23H25N3O5/c1-16(27)17-5-4-6-18(13-17)24-22(28)14-25-9-11-26(12-10-25)23(29)21-15-30-19-7-2-3-8-20(19)31-21/h2-8,13,21H,9-12,14-15H2,1H3,(H,24,28)/p+1/t21-/m0/s1. The highest BCUT2D eigenvalue weighted by molar-refractivity contribution is 5.97. The van der Waals surface area contributed by atoms with Crippen molar-refractivity contribution in [3.05, 3.63) is 54.1 Å². The number of para-hydroxylation sites is 2. The minimum atomic E-state index is -0.645. The van der Waals surface area contributed by atoms with E-state index in [-0.39, 0.29) is 24.2 Å². The van der Waals surface area contributed by atoms with Gasteiger partial charge in [-0.05, 0) is 31.2 Å². The molecule has 162 valence electrons. The predicted octanol–water partition coefficient (Wildman–Crippen LogP) is 0.395. The predicted molar refractivity (Wildman–Crippen MR) is 114 cm³/mol. The van der Waals surface area contributed by atoms with E-state index in [2.05, 4.69) is 5.32 Å². The van der Waals surface area contributed by atoms with Crippen molar-refractivity contribution in [1.29, 1.82) is 0 Å². The van der Waals surface area contributed by atoms with Gasteiger partial charge in [0.2, 0.25) is 6.10 Å². The minimum Gasteiger partial charge on any atom is -0.485 e. The number of carbonyl (C=O) groups is 3. The number of amides is 2. The number of quaternary nitrogens is 1. The van der Waals surface area contributed by atoms with E-state index in [1.807, 2.05) is 18.2 Å². The van der Waals surface area contributed by atoms with Gasteiger partial charge in [-0.15, -0.1) is 0 Å². The number of ether oxygens (including phenoxy) is 2. The largest absolute Gasteiger partial charge is 0.485 e. The topological polar surface area (TPSA) is 89.4 Å². The molecule has 31 heavy (non-hydrogen) atoms. The molecule has 2 amide bonds. The van der Waals surface area contributed by atoms with E-state index in [0.29, 0.717) is 55.5 Å². The van der Waals surface area contributed by atoms with Crippen LogP contribution in [0.2, 0.25) is 0 Å². The van der Waals surface area contributed by atoms with Crippen LogP contribution in [0.3, 0.4) is 0 Å². The summed E-state index contributed by atoms with van der Waals surface area (Å²) in [6.07, 6.45) is -0.645. The van der Waals surface area contributed by atoms with Crippen LogP contribution in [0.4, 0.5) is 5.69 Å². The first-order valence-electron chi connectivity index (χ1n) is 10.4. The highest BCUT2D eigenvalue weighted by Crippen LogP contribution is 2.31. The average molecular weight is 424 g/mol. The van der Waals surface area contributed by atoms with Gasteiger partial charge in [-0.2, -0.15) is 0 Å². The van der Waals surface area contributed by atoms with Gasteiger partial charge in [-0.1, -0.05) is 24.3 Å². The van der Waals surface area contributed by atoms with Gasteiger partial charge < -0.3 is 24.6 Å². The molecule has 2 aliphatic rings. The van der Waals surface area contributed by atoms with Crippen molar-refractivity contribution in [1.82, 2.24) is 4.90 Å². The van der Waals surface area contributed by atoms with E-state index in [1.54, 1.807) is 35.2 Å². The Balaban J connectivity index is 1.25. The summed E-state index contributed by atoms with van der Waals surface area (Å²) in [5.41, 5.74) is 1.18. The minimum absolute atomic E-state index is 0.0432. The number of ketones is 1. The summed E-state index contributed by atoms with van der Waals surface area (Å²) >= 11 is 0. The lowest BCUT2D eigenvalue weighted by Gasteiger charge is -2.35. The Morgan fingerprint density at radius 2 is 1.81 bits per heavy atom. The Bertz CT molecular complexity index is 985. The number of piperazine rings is 1. The van der Waals surface area contributed by atoms with Crippen LogP contribution in [0.15, 0.2) is 48.5 Å². The zero-order chi connectivity index (χ0) is 21.8. The van der Waals surface area contributed by atoms with Crippen LogP contribution in [-0.2, 0) is 9.59 Å². The average Bonchev–Trinajstić information content (AvgIpc) is 2.79. The molecular weight excluding hydrogens is 398 g/mol. The Hall–Kier alpha value is -3.39. The van der Waals surface area contributed by atoms with Crippen LogP contribution in [0.25, 0.3) is 0 Å². The number of nitrogens with one attached hydrogen (secondary N) is 2. The van der Waals surface area contributed by atoms with Crippen LogP contribution in [0, 0.1) is 0 Å². The molecule has 8 heteroatoms. The molecular formula is C23H26N3O5+. The van der Waals surface area contributed by atoms with Gasteiger partial charge in [-0.25, -0.2) is 0 Å². The van der Waals surface area contributed by atoms with Gasteiger partial charge in [0.25, 0.3) is 11.8 Å². The smallest absolute Gasteiger partial charge is 0.279 e. The van der Waals surface area contributed by atoms with Crippen molar-refractivity contribution in [3.63, 3.8) is 0 Å². The SMILES string of the molecule is CC(=O)c1cccc(NC(=O)C[NH+]2CCN(C(=O)[C@@H]3COc4ccccc4O3)CC2)c1. The first-order valence-corrected chi connectivity index (χ1v) is 10.4. The van der Waals surface area contributed by atoms with Crippen LogP contribution in [0.1, 0.15) is 17.3 Å². The molecule has 2 heterocycles. The number of rotatable bonds is 5. The number of benzene rings is 2. The number of hydrogen-bond acceptors (Lipinski definition) is 5. The molecule has 4 rings (SSSR count). The number of fused-ring (bicyclic) bond motifs is 1. The van der Waals surface area contributed by atoms with E-state index >= 15 is 0 Å². The summed E-state index contributed by atoms with van der Waals surface area (Å²) in [5, 5.41) is 2.85. The Morgan fingerprint density at radius 3 is 2.55 bits per heavy atom. The number of nitrogens with zero attached hydrogens (tertiary/aromatic N) is 1. The van der Waals surface area contributed by atoms with Crippen LogP contribution in [-0.4, -0.2) is 67.9 Å². The maximum Gasteiger partial charge on any atom is 0.279 e. The molecule has 2 aromatic carbocycles. The Labute approximate surface area is 180 Å². The van der Waals surface area contributed by atoms with Crippen molar-refractivity contribution in [2.75, 3.05) is 44.6 Å². The van der Waals surface area contributed by atoms with Crippen LogP contribution in [0.5, 0.6) is 11.5 Å². The van der Waals surface area contributed by atoms with Crippen molar-refractivity contribution in [3.8, 4) is 11.5 Å². The molecule has 0 saturated carbocycles. The molecule has 1 atom stereocenters. The van der Waals surface area contributed by atoms with E-state index < -0.39 is 6.10 Å². The second-order valence-electron chi connectivity index (χ2n) is 7.80. The van der Waals surface area contributed by atoms with Gasteiger partial charge in [0.05, 0.1) is 26.2 Å². The Kier molecular flexibility index (Phi) is 6.18. The fourth-order valence-corrected chi connectivity index (χ4v) is 3.81. The number of Topliss-reactive ketones (excluding diaryl/α,β-unsaturated/α-hetero) is 1. The van der Waals surface area contributed by atoms with Crippen molar-refractivity contribution in [2.45, 2.75) is 13.0 Å². The maximum atomic E-state index is 12.8. The van der Waals surface area contributed by atoms with Gasteiger partial charge in [0.1, 0.15) is 6.61 Å². The quantitative estimate of drug-likeness (QED) is 0.678. The van der Waals surface area contributed by atoms with Crippen molar-refractivity contribution < 1.29 is 28.8 Å². The summed E-state index contributed by atoms with van der Waals surface area (Å²) in [7, 11) is 0. The third-order valence-corrected chi connectivity index (χ3v) is 5.53. The lowest BCUT2D eigenvalue weighted by Crippen LogP contribution is -3.15. The van der Waals surface area contributed by atoms with Gasteiger partial charge in [0.15, 0.2) is 23.8 Å². The highest BCUT2D eigenvalue weighted by atomic mass is 16.6. The van der Waals surface area contributed by atoms with Crippen LogP contribution >= 0.6 is 0 Å². The molecule has 0 aliphatic carbocycles. The van der Waals surface area contributed by atoms with Crippen LogP contribution < -0.4 is 19.7 Å². The molecule has 0 bridgehead atoms. The molecule has 1 fully saturated rings. The van der Waals surface area contributed by atoms with E-state index in [4.69, 9.17) is 9.47 Å². The number of hydrogen-bond donors (Lipinski definition) is 2. The zero-order valence-electron chi connectivity index (χ0n) is 17.4. The fourth-order valence-electron chi connectivity index (χ4n) is 3.81. The molecule has 0 radical (unpaired) electrons. The van der Waals surface area contributed by atoms with E-state index in [9.17, 15) is 14.4 Å². The Morgan fingerprint density at radius 1 is 1.06 bits per heavy atom. The first kappa shape index (κ1) is 20.9. The normalized spacial score (nSPS) is 18.4. The molecule has 8 nitrogen and oxygen atoms in total. The second kappa shape index (κ2) is 9.18. The lowest BCUT2D eigenvalue weighted by atomic mass is 10.1. The number of anilines is 1. The summed E-state index contributed by atoms with van der Waals surface area (Å²) in [5.74, 6) is 0.996. The van der Waals surface area contributed by atoms with E-state index in [0.717, 1.165) is 4.90 Å². The maximum absolute atomic E-state index is 12.8. The van der Waals surface area contributed by atoms with Gasteiger partial charge in [0, 0.05) is 11.3 Å². The van der Waals surface area contributed by atoms with Gasteiger partial charge in [-0.3, -0.25) is 14.4 Å². The zero-order valence-corrected chi connectivity index (χ0v) is 17.4. The molecule has 2 aromatic rings. The van der Waals surface area contributed by atoms with Gasteiger partial charge >= 0.3 is 0 Å². The summed E-state index contributed by atoms with van der Waals surface area (Å²) < 4.78 is 11.5. The third-order valence-electron chi connectivity index (χ3n) is 5.53. The summed E-state index contributed by atoms with van der Waals surface area (Å²) in [6, 6.07) is 14.2. The monoisotopic (exact) mass is 424 g/mol. The first-order chi connectivity index (χ1) is 15.0. The lowest BCUT2D eigenvalue weighted by molar-refractivity contribution is -0.895. The second-order valence-corrected chi connectivity index (χ2v) is 7.80. The fraction of sp³-hybridized carbons (Fsp3) is 0.348. The molecule has 2 aliphatic heterocycles. The molecule has 0 aromatic heterocycles. The molecule has 0 unspecified atom stereocenters.